The molecule has 8 heteroatoms. The molecule has 0 aliphatic carbocycles. The number of sulfonamides is 1. The zero-order chi connectivity index (χ0) is 23.4. The molecule has 2 atom stereocenters. The second-order valence-electron chi connectivity index (χ2n) is 7.82. The summed E-state index contributed by atoms with van der Waals surface area (Å²) in [6.45, 7) is 1.73. The van der Waals surface area contributed by atoms with Crippen molar-refractivity contribution in [2.24, 2.45) is 0 Å². The van der Waals surface area contributed by atoms with E-state index in [1.165, 1.54) is 4.31 Å². The van der Waals surface area contributed by atoms with Crippen LogP contribution in [0.2, 0.25) is 0 Å². The van der Waals surface area contributed by atoms with Gasteiger partial charge in [0, 0.05) is 5.56 Å². The van der Waals surface area contributed by atoms with Crippen molar-refractivity contribution in [2.45, 2.75) is 24.8 Å². The Bertz CT molecular complexity index is 1230. The monoisotopic (exact) mass is 466 g/mol. The van der Waals surface area contributed by atoms with E-state index in [-0.39, 0.29) is 18.3 Å². The smallest absolute Gasteiger partial charge is 0.263 e. The summed E-state index contributed by atoms with van der Waals surface area (Å²) in [7, 11) is -2.18. The number of carbonyl (C=O) groups is 1. The standard InChI is InChI=1S/C25H26N2O5S/c1-18(20-12-6-8-14-22(20)31-2)26-25(28)24-16-27(21-13-7-9-15-23(21)32-24)33(29,30)17-19-10-4-3-5-11-19/h3-15,18,24H,16-17H2,1-2H3,(H,26,28)/t18-,24-/m0/s1. The first-order valence-electron chi connectivity index (χ1n) is 10.6. The zero-order valence-corrected chi connectivity index (χ0v) is 19.3. The van der Waals surface area contributed by atoms with Gasteiger partial charge in [0.2, 0.25) is 10.0 Å². The van der Waals surface area contributed by atoms with Crippen molar-refractivity contribution in [3.8, 4) is 11.5 Å². The van der Waals surface area contributed by atoms with E-state index >= 15 is 0 Å². The van der Waals surface area contributed by atoms with Crippen LogP contribution in [0.5, 0.6) is 11.5 Å². The highest BCUT2D eigenvalue weighted by atomic mass is 32.2. The Hall–Kier alpha value is -3.52. The number of benzene rings is 3. The Morgan fingerprint density at radius 2 is 1.73 bits per heavy atom. The van der Waals surface area contributed by atoms with Crippen LogP contribution in [-0.2, 0) is 20.6 Å². The van der Waals surface area contributed by atoms with Crippen molar-refractivity contribution in [2.75, 3.05) is 18.0 Å². The maximum atomic E-state index is 13.3. The number of nitrogens with one attached hydrogen (secondary N) is 1. The van der Waals surface area contributed by atoms with Gasteiger partial charge in [-0.25, -0.2) is 8.42 Å². The molecule has 1 aliphatic heterocycles. The van der Waals surface area contributed by atoms with Gasteiger partial charge in [-0.05, 0) is 30.7 Å². The first-order valence-corrected chi connectivity index (χ1v) is 12.2. The number of hydrogen-bond acceptors (Lipinski definition) is 5. The lowest BCUT2D eigenvalue weighted by Crippen LogP contribution is -2.51. The molecule has 0 aromatic heterocycles. The summed E-state index contributed by atoms with van der Waals surface area (Å²) in [5.74, 6) is 0.439. The third-order valence-electron chi connectivity index (χ3n) is 5.52. The lowest BCUT2D eigenvalue weighted by Gasteiger charge is -2.35. The summed E-state index contributed by atoms with van der Waals surface area (Å²) in [5.41, 5.74) is 1.92. The van der Waals surface area contributed by atoms with Gasteiger partial charge in [-0.15, -0.1) is 0 Å². The molecule has 1 aliphatic rings. The Labute approximate surface area is 194 Å². The van der Waals surface area contributed by atoms with Crippen LogP contribution in [0.25, 0.3) is 0 Å². The summed E-state index contributed by atoms with van der Waals surface area (Å²) < 4.78 is 39.2. The van der Waals surface area contributed by atoms with E-state index in [1.54, 1.807) is 55.6 Å². The zero-order valence-electron chi connectivity index (χ0n) is 18.5. The van der Waals surface area contributed by atoms with Gasteiger partial charge in [0.1, 0.15) is 11.5 Å². The van der Waals surface area contributed by atoms with Crippen LogP contribution in [0.4, 0.5) is 5.69 Å². The number of amides is 1. The fraction of sp³-hybridized carbons (Fsp3) is 0.240. The molecule has 4 rings (SSSR count). The SMILES string of the molecule is COc1ccccc1[C@H](C)NC(=O)[C@@H]1CN(S(=O)(=O)Cc2ccccc2)c2ccccc2O1. The largest absolute Gasteiger partial charge is 0.496 e. The Morgan fingerprint density at radius 3 is 2.48 bits per heavy atom. The lowest BCUT2D eigenvalue weighted by atomic mass is 10.1. The summed E-state index contributed by atoms with van der Waals surface area (Å²) >= 11 is 0. The lowest BCUT2D eigenvalue weighted by molar-refractivity contribution is -0.128. The second kappa shape index (κ2) is 9.54. The number of methoxy groups -OCH3 is 1. The van der Waals surface area contributed by atoms with Crippen LogP contribution < -0.4 is 19.1 Å². The molecule has 0 radical (unpaired) electrons. The van der Waals surface area contributed by atoms with Crippen molar-refractivity contribution >= 4 is 21.6 Å². The topological polar surface area (TPSA) is 84.9 Å². The van der Waals surface area contributed by atoms with Crippen molar-refractivity contribution < 1.29 is 22.7 Å². The van der Waals surface area contributed by atoms with E-state index in [4.69, 9.17) is 9.47 Å². The van der Waals surface area contributed by atoms with Gasteiger partial charge in [-0.1, -0.05) is 60.7 Å². The summed E-state index contributed by atoms with van der Waals surface area (Å²) in [4.78, 5) is 13.1. The van der Waals surface area contributed by atoms with Gasteiger partial charge < -0.3 is 14.8 Å². The Morgan fingerprint density at radius 1 is 1.06 bits per heavy atom. The number of anilines is 1. The van der Waals surface area contributed by atoms with Crippen LogP contribution in [-0.4, -0.2) is 34.1 Å². The average Bonchev–Trinajstić information content (AvgIpc) is 2.83. The molecular formula is C25H26N2O5S. The van der Waals surface area contributed by atoms with Crippen LogP contribution >= 0.6 is 0 Å². The van der Waals surface area contributed by atoms with Gasteiger partial charge in [-0.3, -0.25) is 9.10 Å². The molecule has 0 spiro atoms. The molecule has 0 unspecified atom stereocenters. The predicted molar refractivity (Wildman–Crippen MR) is 127 cm³/mol. The molecule has 1 amide bonds. The number of rotatable bonds is 7. The minimum atomic E-state index is -3.75. The van der Waals surface area contributed by atoms with Crippen molar-refractivity contribution in [3.63, 3.8) is 0 Å². The Kier molecular flexibility index (Phi) is 6.55. The molecule has 0 bridgehead atoms. The quantitative estimate of drug-likeness (QED) is 0.574. The molecule has 1 heterocycles. The maximum Gasteiger partial charge on any atom is 0.263 e. The van der Waals surface area contributed by atoms with Crippen LogP contribution in [0, 0.1) is 0 Å². The average molecular weight is 467 g/mol. The number of ether oxygens (including phenoxy) is 2. The van der Waals surface area contributed by atoms with E-state index in [1.807, 2.05) is 37.3 Å². The maximum absolute atomic E-state index is 13.3. The predicted octanol–water partition coefficient (Wildman–Crippen LogP) is 3.67. The van der Waals surface area contributed by atoms with Crippen LogP contribution in [0.15, 0.2) is 78.9 Å². The summed E-state index contributed by atoms with van der Waals surface area (Å²) in [6, 6.07) is 22.9. The van der Waals surface area contributed by atoms with E-state index in [9.17, 15) is 13.2 Å². The van der Waals surface area contributed by atoms with Gasteiger partial charge in [0.25, 0.3) is 5.91 Å². The molecule has 1 N–H and O–H groups in total. The van der Waals surface area contributed by atoms with Crippen molar-refractivity contribution in [3.05, 3.63) is 90.0 Å². The molecule has 0 saturated carbocycles. The van der Waals surface area contributed by atoms with Gasteiger partial charge in [0.05, 0.1) is 31.1 Å². The van der Waals surface area contributed by atoms with Gasteiger partial charge in [-0.2, -0.15) is 0 Å². The van der Waals surface area contributed by atoms with E-state index in [0.29, 0.717) is 22.7 Å². The Balaban J connectivity index is 1.57. The second-order valence-corrected chi connectivity index (χ2v) is 9.71. The highest BCUT2D eigenvalue weighted by molar-refractivity contribution is 7.92. The molecule has 0 fully saturated rings. The molecule has 7 nitrogen and oxygen atoms in total. The van der Waals surface area contributed by atoms with Gasteiger partial charge >= 0.3 is 0 Å². The molecule has 33 heavy (non-hydrogen) atoms. The molecule has 3 aromatic carbocycles. The van der Waals surface area contributed by atoms with Crippen molar-refractivity contribution in [1.82, 2.24) is 5.32 Å². The van der Waals surface area contributed by atoms with Crippen LogP contribution in [0.3, 0.4) is 0 Å². The normalized spacial score (nSPS) is 16.3. The fourth-order valence-electron chi connectivity index (χ4n) is 3.87. The number of hydrogen-bond donors (Lipinski definition) is 1. The van der Waals surface area contributed by atoms with E-state index in [2.05, 4.69) is 5.32 Å². The molecule has 3 aromatic rings. The number of nitrogens with zero attached hydrogens (tertiary/aromatic N) is 1. The first-order chi connectivity index (χ1) is 15.9. The number of carbonyl (C=O) groups excluding carboxylic acids is 1. The van der Waals surface area contributed by atoms with Crippen LogP contribution in [0.1, 0.15) is 24.1 Å². The van der Waals surface area contributed by atoms with Gasteiger partial charge in [0.15, 0.2) is 6.10 Å². The highest BCUT2D eigenvalue weighted by Crippen LogP contribution is 2.36. The van der Waals surface area contributed by atoms with Crippen molar-refractivity contribution in [1.29, 1.82) is 0 Å². The fourth-order valence-corrected chi connectivity index (χ4v) is 5.46. The minimum absolute atomic E-state index is 0.114. The minimum Gasteiger partial charge on any atom is -0.496 e. The van der Waals surface area contributed by atoms with E-state index < -0.39 is 22.0 Å². The summed E-state index contributed by atoms with van der Waals surface area (Å²) in [5, 5.41) is 2.93. The highest BCUT2D eigenvalue weighted by Gasteiger charge is 2.37. The third kappa shape index (κ3) is 4.96. The molecule has 0 saturated heterocycles. The van der Waals surface area contributed by atoms with E-state index in [0.717, 1.165) is 5.56 Å². The summed E-state index contributed by atoms with van der Waals surface area (Å²) in [6.07, 6.45) is -0.998. The molecule has 172 valence electrons. The molecular weight excluding hydrogens is 440 g/mol. The third-order valence-corrected chi connectivity index (χ3v) is 7.23. The first kappa shape index (κ1) is 22.7. The number of para-hydroxylation sites is 3. The number of fused-ring (bicyclic) bond motifs is 1.